The molecule has 22 heavy (non-hydrogen) atoms. The number of amides is 1. The molecule has 122 valence electrons. The highest BCUT2D eigenvalue weighted by Crippen LogP contribution is 2.30. The van der Waals surface area contributed by atoms with Crippen LogP contribution in [0.1, 0.15) is 52.0 Å². The molecular weight excluding hydrogens is 272 g/mol. The summed E-state index contributed by atoms with van der Waals surface area (Å²) < 4.78 is 0. The van der Waals surface area contributed by atoms with Crippen molar-refractivity contribution < 1.29 is 4.79 Å². The molecule has 2 rings (SSSR count). The summed E-state index contributed by atoms with van der Waals surface area (Å²) in [7, 11) is 1.86. The van der Waals surface area contributed by atoms with E-state index in [0.717, 1.165) is 5.69 Å². The molecular formula is C19H30N2O. The lowest BCUT2D eigenvalue weighted by molar-refractivity contribution is -0.121. The van der Waals surface area contributed by atoms with E-state index in [2.05, 4.69) is 43.0 Å². The molecule has 1 fully saturated rings. The normalized spacial score (nSPS) is 17.2. The van der Waals surface area contributed by atoms with Gasteiger partial charge >= 0.3 is 0 Å². The van der Waals surface area contributed by atoms with E-state index in [0.29, 0.717) is 12.0 Å². The fourth-order valence-electron chi connectivity index (χ4n) is 3.23. The maximum absolute atomic E-state index is 12.1. The smallest absolute Gasteiger partial charge is 0.229 e. The zero-order chi connectivity index (χ0) is 16.3. The average molecular weight is 302 g/mol. The van der Waals surface area contributed by atoms with E-state index in [9.17, 15) is 4.79 Å². The predicted molar refractivity (Wildman–Crippen MR) is 93.4 cm³/mol. The maximum Gasteiger partial charge on any atom is 0.229 e. The number of carbonyl (C=O) groups excluding carboxylic acids is 1. The number of hydrogen-bond acceptors (Lipinski definition) is 2. The Labute approximate surface area is 135 Å². The topological polar surface area (TPSA) is 23.6 Å². The van der Waals surface area contributed by atoms with Gasteiger partial charge in [0.05, 0.1) is 0 Å². The van der Waals surface area contributed by atoms with E-state index in [-0.39, 0.29) is 11.8 Å². The minimum absolute atomic E-state index is 0.0324. The van der Waals surface area contributed by atoms with Crippen molar-refractivity contribution in [2.24, 2.45) is 5.92 Å². The van der Waals surface area contributed by atoms with Crippen molar-refractivity contribution in [2.75, 3.05) is 25.0 Å². The number of carbonyl (C=O) groups is 1. The Balaban J connectivity index is 1.99. The third-order valence-corrected chi connectivity index (χ3v) is 4.84. The van der Waals surface area contributed by atoms with Gasteiger partial charge in [-0.2, -0.15) is 0 Å². The number of likely N-dealkylation sites (tertiary alicyclic amines) is 1. The van der Waals surface area contributed by atoms with Crippen LogP contribution < -0.4 is 4.90 Å². The van der Waals surface area contributed by atoms with Crippen LogP contribution in [-0.2, 0) is 4.79 Å². The standard InChI is InChI=1S/C19H30N2O/c1-14(2)19(22)20(5)18-8-6-16(7-9-18)17-10-12-21(13-11-17)15(3)4/h6-9,14-15,17H,10-13H2,1-5H3. The molecule has 0 saturated carbocycles. The van der Waals surface area contributed by atoms with Gasteiger partial charge in [-0.3, -0.25) is 4.79 Å². The molecule has 0 N–H and O–H groups in total. The molecule has 0 bridgehead atoms. The van der Waals surface area contributed by atoms with E-state index in [4.69, 9.17) is 0 Å². The van der Waals surface area contributed by atoms with Crippen LogP contribution in [0, 0.1) is 5.92 Å². The summed E-state index contributed by atoms with van der Waals surface area (Å²) in [6.07, 6.45) is 2.47. The molecule has 1 saturated heterocycles. The summed E-state index contributed by atoms with van der Waals surface area (Å²) in [5.41, 5.74) is 2.40. The highest BCUT2D eigenvalue weighted by Gasteiger charge is 2.22. The SMILES string of the molecule is CC(C)C(=O)N(C)c1ccc(C2CCN(C(C)C)CC2)cc1. The molecule has 0 aromatic heterocycles. The largest absolute Gasteiger partial charge is 0.315 e. The van der Waals surface area contributed by atoms with Gasteiger partial charge in [0.25, 0.3) is 0 Å². The lowest BCUT2D eigenvalue weighted by Crippen LogP contribution is -2.37. The van der Waals surface area contributed by atoms with E-state index < -0.39 is 0 Å². The summed E-state index contributed by atoms with van der Waals surface area (Å²) in [5, 5.41) is 0. The summed E-state index contributed by atoms with van der Waals surface area (Å²) in [5.74, 6) is 0.859. The first-order valence-corrected chi connectivity index (χ1v) is 8.51. The molecule has 1 aliphatic heterocycles. The van der Waals surface area contributed by atoms with E-state index in [1.807, 2.05) is 20.9 Å². The van der Waals surface area contributed by atoms with Crippen LogP contribution in [0.2, 0.25) is 0 Å². The molecule has 3 nitrogen and oxygen atoms in total. The zero-order valence-corrected chi connectivity index (χ0v) is 14.7. The molecule has 0 atom stereocenters. The van der Waals surface area contributed by atoms with E-state index in [1.165, 1.54) is 31.5 Å². The third kappa shape index (κ3) is 3.89. The van der Waals surface area contributed by atoms with Gasteiger partial charge in [-0.1, -0.05) is 26.0 Å². The maximum atomic E-state index is 12.1. The zero-order valence-electron chi connectivity index (χ0n) is 14.7. The van der Waals surface area contributed by atoms with Gasteiger partial charge in [-0.05, 0) is 63.4 Å². The number of hydrogen-bond donors (Lipinski definition) is 0. The quantitative estimate of drug-likeness (QED) is 0.842. The molecule has 0 radical (unpaired) electrons. The summed E-state index contributed by atoms with van der Waals surface area (Å²) in [6.45, 7) is 10.8. The van der Waals surface area contributed by atoms with Gasteiger partial charge in [0.2, 0.25) is 5.91 Å². The molecule has 1 amide bonds. The highest BCUT2D eigenvalue weighted by molar-refractivity contribution is 5.94. The first-order chi connectivity index (χ1) is 10.4. The van der Waals surface area contributed by atoms with E-state index in [1.54, 1.807) is 4.90 Å². The van der Waals surface area contributed by atoms with E-state index >= 15 is 0 Å². The van der Waals surface area contributed by atoms with Crippen LogP contribution in [-0.4, -0.2) is 37.0 Å². The van der Waals surface area contributed by atoms with Crippen molar-refractivity contribution in [2.45, 2.75) is 52.5 Å². The molecule has 3 heteroatoms. The number of anilines is 1. The predicted octanol–water partition coefficient (Wildman–Crippen LogP) is 3.89. The molecule has 1 heterocycles. The van der Waals surface area contributed by atoms with Crippen LogP contribution in [0.25, 0.3) is 0 Å². The second-order valence-electron chi connectivity index (χ2n) is 7.05. The molecule has 1 aliphatic rings. The second kappa shape index (κ2) is 7.28. The van der Waals surface area contributed by atoms with Gasteiger partial charge in [0.1, 0.15) is 0 Å². The van der Waals surface area contributed by atoms with Gasteiger partial charge in [0, 0.05) is 24.7 Å². The Morgan fingerprint density at radius 2 is 1.64 bits per heavy atom. The Kier molecular flexibility index (Phi) is 5.63. The lowest BCUT2D eigenvalue weighted by atomic mass is 9.89. The fourth-order valence-corrected chi connectivity index (χ4v) is 3.23. The summed E-state index contributed by atoms with van der Waals surface area (Å²) >= 11 is 0. The lowest BCUT2D eigenvalue weighted by Gasteiger charge is -2.34. The molecule has 1 aromatic rings. The number of benzene rings is 1. The number of rotatable bonds is 4. The minimum Gasteiger partial charge on any atom is -0.315 e. The first kappa shape index (κ1) is 17.0. The Morgan fingerprint density at radius 3 is 2.09 bits per heavy atom. The van der Waals surface area contributed by atoms with Crippen molar-refractivity contribution in [3.05, 3.63) is 29.8 Å². The minimum atomic E-state index is 0.0324. The van der Waals surface area contributed by atoms with Crippen LogP contribution >= 0.6 is 0 Å². The summed E-state index contributed by atoms with van der Waals surface area (Å²) in [4.78, 5) is 16.4. The average Bonchev–Trinajstić information content (AvgIpc) is 2.53. The van der Waals surface area contributed by atoms with Crippen LogP contribution in [0.15, 0.2) is 24.3 Å². The Bertz CT molecular complexity index is 485. The van der Waals surface area contributed by atoms with Gasteiger partial charge < -0.3 is 9.80 Å². The van der Waals surface area contributed by atoms with Gasteiger partial charge in [-0.25, -0.2) is 0 Å². The monoisotopic (exact) mass is 302 g/mol. The Hall–Kier alpha value is -1.35. The molecule has 0 spiro atoms. The van der Waals surface area contributed by atoms with Crippen molar-refractivity contribution >= 4 is 11.6 Å². The summed E-state index contributed by atoms with van der Waals surface area (Å²) in [6, 6.07) is 9.23. The van der Waals surface area contributed by atoms with Crippen molar-refractivity contribution in [3.8, 4) is 0 Å². The van der Waals surface area contributed by atoms with Gasteiger partial charge in [0.15, 0.2) is 0 Å². The molecule has 0 aliphatic carbocycles. The molecule has 0 unspecified atom stereocenters. The second-order valence-corrected chi connectivity index (χ2v) is 7.05. The van der Waals surface area contributed by atoms with Crippen LogP contribution in [0.5, 0.6) is 0 Å². The van der Waals surface area contributed by atoms with Crippen LogP contribution in [0.4, 0.5) is 5.69 Å². The van der Waals surface area contributed by atoms with Crippen molar-refractivity contribution in [1.82, 2.24) is 4.90 Å². The fraction of sp³-hybridized carbons (Fsp3) is 0.632. The van der Waals surface area contributed by atoms with Crippen molar-refractivity contribution in [3.63, 3.8) is 0 Å². The van der Waals surface area contributed by atoms with Crippen molar-refractivity contribution in [1.29, 1.82) is 0 Å². The molecule has 1 aromatic carbocycles. The Morgan fingerprint density at radius 1 is 1.09 bits per heavy atom. The van der Waals surface area contributed by atoms with Crippen LogP contribution in [0.3, 0.4) is 0 Å². The number of piperidine rings is 1. The first-order valence-electron chi connectivity index (χ1n) is 8.51. The third-order valence-electron chi connectivity index (χ3n) is 4.84. The van der Waals surface area contributed by atoms with Gasteiger partial charge in [-0.15, -0.1) is 0 Å². The number of nitrogens with zero attached hydrogens (tertiary/aromatic N) is 2. The highest BCUT2D eigenvalue weighted by atomic mass is 16.2.